The van der Waals surface area contributed by atoms with Crippen molar-refractivity contribution in [2.45, 2.75) is 38.1 Å². The lowest BCUT2D eigenvalue weighted by Crippen LogP contribution is -2.51. The van der Waals surface area contributed by atoms with Crippen LogP contribution in [0.4, 0.5) is 0 Å². The highest BCUT2D eigenvalue weighted by Crippen LogP contribution is 2.35. The molecule has 2 amide bonds. The van der Waals surface area contributed by atoms with E-state index in [2.05, 4.69) is 66.5 Å². The predicted octanol–water partition coefficient (Wildman–Crippen LogP) is 2.26. The van der Waals surface area contributed by atoms with E-state index in [1.165, 1.54) is 11.1 Å². The standard InChI is InChI=1S/C27H39N7O2S/c1-19(2)20-5-7-21(8-6-20)23-17-34-26(28-23)37-27(29-34)33-11-9-22(10-12-33)25(36)31(4)18-24(35)32-15-13-30(3)14-16-32/h5-8,17,19,22,26,28H,9-16,18H2,1-4H3. The van der Waals surface area contributed by atoms with Gasteiger partial charge in [-0.2, -0.15) is 0 Å². The summed E-state index contributed by atoms with van der Waals surface area (Å²) in [5, 5.41) is 11.4. The van der Waals surface area contributed by atoms with Crippen LogP contribution in [-0.4, -0.2) is 107 Å². The van der Waals surface area contributed by atoms with Crippen LogP contribution in [0.25, 0.3) is 5.70 Å². The third kappa shape index (κ3) is 5.75. The molecule has 1 unspecified atom stereocenters. The molecule has 4 aliphatic heterocycles. The molecule has 9 nitrogen and oxygen atoms in total. The van der Waals surface area contributed by atoms with Crippen LogP contribution in [0.5, 0.6) is 0 Å². The second-order valence-corrected chi connectivity index (χ2v) is 11.9. The molecule has 4 aliphatic rings. The van der Waals surface area contributed by atoms with Gasteiger partial charge in [-0.05, 0) is 48.7 Å². The molecule has 200 valence electrons. The zero-order valence-electron chi connectivity index (χ0n) is 22.4. The minimum absolute atomic E-state index is 0.0354. The van der Waals surface area contributed by atoms with Gasteiger partial charge in [0.1, 0.15) is 0 Å². The van der Waals surface area contributed by atoms with Gasteiger partial charge in [0.15, 0.2) is 10.7 Å². The number of piperazine rings is 1. The molecule has 0 aromatic heterocycles. The zero-order valence-corrected chi connectivity index (χ0v) is 23.2. The van der Waals surface area contributed by atoms with Crippen LogP contribution in [0.3, 0.4) is 0 Å². The van der Waals surface area contributed by atoms with Crippen molar-refractivity contribution in [3.05, 3.63) is 41.6 Å². The van der Waals surface area contributed by atoms with Crippen molar-refractivity contribution >= 4 is 34.4 Å². The molecule has 0 bridgehead atoms. The summed E-state index contributed by atoms with van der Waals surface area (Å²) in [6.07, 6.45) is 3.65. The highest BCUT2D eigenvalue weighted by Gasteiger charge is 2.37. The molecule has 1 aromatic rings. The van der Waals surface area contributed by atoms with Crippen molar-refractivity contribution in [3.8, 4) is 0 Å². The first-order chi connectivity index (χ1) is 17.8. The van der Waals surface area contributed by atoms with Crippen molar-refractivity contribution in [2.75, 3.05) is 59.9 Å². The summed E-state index contributed by atoms with van der Waals surface area (Å²) in [6, 6.07) is 8.73. The molecule has 5 rings (SSSR count). The van der Waals surface area contributed by atoms with E-state index >= 15 is 0 Å². The number of hydrazone groups is 1. The van der Waals surface area contributed by atoms with Crippen molar-refractivity contribution in [3.63, 3.8) is 0 Å². The van der Waals surface area contributed by atoms with Crippen molar-refractivity contribution < 1.29 is 9.59 Å². The number of thioether (sulfide) groups is 1. The number of amides is 2. The van der Waals surface area contributed by atoms with Crippen LogP contribution in [0.15, 0.2) is 35.6 Å². The number of hydrogen-bond acceptors (Lipinski definition) is 8. The van der Waals surface area contributed by atoms with Gasteiger partial charge in [0.05, 0.1) is 18.4 Å². The minimum Gasteiger partial charge on any atom is -0.353 e. The Balaban J connectivity index is 1.10. The summed E-state index contributed by atoms with van der Waals surface area (Å²) in [7, 11) is 3.83. The number of likely N-dealkylation sites (N-methyl/N-ethyl adjacent to an activating group) is 2. The molecule has 1 N–H and O–H groups in total. The fraction of sp³-hybridized carbons (Fsp3) is 0.593. The predicted molar refractivity (Wildman–Crippen MR) is 148 cm³/mol. The SMILES string of the molecule is CC(C)c1ccc(C2=CN3N=C(N4CCC(C(=O)N(C)CC(=O)N5CCN(C)CC5)CC4)SC3N2)cc1. The Kier molecular flexibility index (Phi) is 7.67. The second kappa shape index (κ2) is 10.9. The molecular formula is C27H39N7O2S. The molecular weight excluding hydrogens is 486 g/mol. The van der Waals surface area contributed by atoms with E-state index in [0.29, 0.717) is 5.92 Å². The van der Waals surface area contributed by atoms with Crippen LogP contribution in [0.1, 0.15) is 43.7 Å². The number of fused-ring (bicyclic) bond motifs is 1. The number of nitrogens with zero attached hydrogens (tertiary/aromatic N) is 6. The van der Waals surface area contributed by atoms with E-state index in [1.807, 2.05) is 9.91 Å². The molecule has 2 fully saturated rings. The Bertz CT molecular complexity index is 1060. The summed E-state index contributed by atoms with van der Waals surface area (Å²) in [6.45, 7) is 9.44. The topological polar surface area (TPSA) is 74.7 Å². The van der Waals surface area contributed by atoms with Gasteiger partial charge in [-0.25, -0.2) is 5.01 Å². The lowest BCUT2D eigenvalue weighted by Gasteiger charge is -2.35. The van der Waals surface area contributed by atoms with E-state index in [0.717, 1.165) is 63.0 Å². The van der Waals surface area contributed by atoms with Crippen molar-refractivity contribution in [1.82, 2.24) is 29.9 Å². The molecule has 1 atom stereocenters. The number of nitrogens with one attached hydrogen (secondary N) is 1. The number of carbonyl (C=O) groups is 2. The van der Waals surface area contributed by atoms with Gasteiger partial charge in [-0.15, -0.1) is 5.10 Å². The molecule has 0 spiro atoms. The summed E-state index contributed by atoms with van der Waals surface area (Å²) in [5.41, 5.74) is 3.67. The van der Waals surface area contributed by atoms with E-state index in [-0.39, 0.29) is 29.8 Å². The molecule has 37 heavy (non-hydrogen) atoms. The van der Waals surface area contributed by atoms with Crippen LogP contribution < -0.4 is 5.32 Å². The zero-order chi connectivity index (χ0) is 26.1. The van der Waals surface area contributed by atoms with Gasteiger partial charge in [0, 0.05) is 52.2 Å². The largest absolute Gasteiger partial charge is 0.353 e. The fourth-order valence-electron chi connectivity index (χ4n) is 5.23. The molecule has 1 aromatic carbocycles. The number of piperidine rings is 1. The summed E-state index contributed by atoms with van der Waals surface area (Å²) in [5.74, 6) is 0.623. The minimum atomic E-state index is -0.0354. The second-order valence-electron chi connectivity index (χ2n) is 10.8. The van der Waals surface area contributed by atoms with E-state index in [9.17, 15) is 9.59 Å². The van der Waals surface area contributed by atoms with Crippen LogP contribution in [0, 0.1) is 5.92 Å². The van der Waals surface area contributed by atoms with Crippen LogP contribution >= 0.6 is 11.8 Å². The summed E-state index contributed by atoms with van der Waals surface area (Å²) in [4.78, 5) is 33.7. The average molecular weight is 526 g/mol. The van der Waals surface area contributed by atoms with Gasteiger partial charge in [0.25, 0.3) is 0 Å². The first-order valence-electron chi connectivity index (χ1n) is 13.4. The van der Waals surface area contributed by atoms with Gasteiger partial charge in [-0.3, -0.25) is 9.59 Å². The molecule has 0 aliphatic carbocycles. The maximum atomic E-state index is 13.1. The Hall–Kier alpha value is -2.72. The third-order valence-electron chi connectivity index (χ3n) is 7.81. The summed E-state index contributed by atoms with van der Waals surface area (Å²) < 4.78 is 0. The third-order valence-corrected chi connectivity index (χ3v) is 8.91. The number of carbonyl (C=O) groups excluding carboxylic acids is 2. The molecule has 4 heterocycles. The Morgan fingerprint density at radius 3 is 2.38 bits per heavy atom. The monoisotopic (exact) mass is 525 g/mol. The molecule has 10 heteroatoms. The smallest absolute Gasteiger partial charge is 0.242 e. The number of amidine groups is 1. The van der Waals surface area contributed by atoms with Gasteiger partial charge >= 0.3 is 0 Å². The van der Waals surface area contributed by atoms with Gasteiger partial charge in [-0.1, -0.05) is 38.1 Å². The first kappa shape index (κ1) is 25.9. The lowest BCUT2D eigenvalue weighted by molar-refractivity contribution is -0.143. The van der Waals surface area contributed by atoms with Crippen LogP contribution in [-0.2, 0) is 9.59 Å². The van der Waals surface area contributed by atoms with Crippen molar-refractivity contribution in [2.24, 2.45) is 11.0 Å². The Morgan fingerprint density at radius 2 is 1.76 bits per heavy atom. The number of likely N-dealkylation sites (tertiary alicyclic amines) is 1. The maximum Gasteiger partial charge on any atom is 0.242 e. The molecule has 0 saturated carbocycles. The quantitative estimate of drug-likeness (QED) is 0.632. The van der Waals surface area contributed by atoms with E-state index < -0.39 is 0 Å². The van der Waals surface area contributed by atoms with E-state index in [4.69, 9.17) is 5.10 Å². The first-order valence-corrected chi connectivity index (χ1v) is 14.2. The normalized spacial score (nSPS) is 22.6. The molecule has 0 radical (unpaired) electrons. The highest BCUT2D eigenvalue weighted by atomic mass is 32.2. The Labute approximate surface area is 224 Å². The van der Waals surface area contributed by atoms with E-state index in [1.54, 1.807) is 23.7 Å². The maximum absolute atomic E-state index is 13.1. The number of hydrogen-bond donors (Lipinski definition) is 1. The summed E-state index contributed by atoms with van der Waals surface area (Å²) >= 11 is 1.72. The molecule has 2 saturated heterocycles. The van der Waals surface area contributed by atoms with Gasteiger partial charge in [0.2, 0.25) is 11.8 Å². The van der Waals surface area contributed by atoms with Gasteiger partial charge < -0.3 is 24.9 Å². The average Bonchev–Trinajstić information content (AvgIpc) is 3.48. The van der Waals surface area contributed by atoms with Crippen LogP contribution in [0.2, 0.25) is 0 Å². The number of rotatable bonds is 5. The van der Waals surface area contributed by atoms with Crippen molar-refractivity contribution in [1.29, 1.82) is 0 Å². The number of benzene rings is 1. The lowest BCUT2D eigenvalue weighted by atomic mass is 9.95. The fourth-order valence-corrected chi connectivity index (χ4v) is 6.31. The highest BCUT2D eigenvalue weighted by molar-refractivity contribution is 8.14. The Morgan fingerprint density at radius 1 is 1.08 bits per heavy atom.